The zero-order chi connectivity index (χ0) is 16.4. The lowest BCUT2D eigenvalue weighted by Gasteiger charge is -2.22. The first kappa shape index (κ1) is 18.6. The van der Waals surface area contributed by atoms with E-state index in [1.165, 1.54) is 22.1 Å². The number of aromatic hydroxyl groups is 1. The van der Waals surface area contributed by atoms with Crippen LogP contribution in [-0.4, -0.2) is 16.6 Å². The van der Waals surface area contributed by atoms with Crippen LogP contribution in [0, 0.1) is 17.4 Å². The third-order valence-electron chi connectivity index (χ3n) is 3.60. The molecule has 1 atom stereocenters. The van der Waals surface area contributed by atoms with Crippen LogP contribution >= 0.6 is 45.2 Å². The third-order valence-corrected chi connectivity index (χ3v) is 5.94. The van der Waals surface area contributed by atoms with Crippen molar-refractivity contribution in [2.45, 2.75) is 33.4 Å². The van der Waals surface area contributed by atoms with Crippen LogP contribution in [0.5, 0.6) is 5.75 Å². The number of carbonyl (C=O) groups is 1. The van der Waals surface area contributed by atoms with E-state index in [1.807, 2.05) is 42.5 Å². The van der Waals surface area contributed by atoms with E-state index < -0.39 is 11.5 Å². The van der Waals surface area contributed by atoms with Gasteiger partial charge < -0.3 is 5.11 Å². The molecule has 0 fully saturated rings. The molecule has 0 aliphatic heterocycles. The Morgan fingerprint density at radius 3 is 2.14 bits per heavy atom. The predicted octanol–water partition coefficient (Wildman–Crippen LogP) is 5.18. The van der Waals surface area contributed by atoms with Gasteiger partial charge in [0.25, 0.3) is 0 Å². The summed E-state index contributed by atoms with van der Waals surface area (Å²) in [5.74, 6) is -0.0756. The summed E-state index contributed by atoms with van der Waals surface area (Å²) in [6.07, 6.45) is 2.92. The highest BCUT2D eigenvalue weighted by Crippen LogP contribution is 2.32. The SMILES string of the molecule is CC1=C(I)C=CC(=O)[C@]1(C)F.Cc1c(O)ccc(I)c1C. The fraction of sp³-hybridized carbons (Fsp3) is 0.312. The van der Waals surface area contributed by atoms with Gasteiger partial charge in [-0.3, -0.25) is 4.79 Å². The first-order valence-electron chi connectivity index (χ1n) is 6.32. The lowest BCUT2D eigenvalue weighted by molar-refractivity contribution is -0.122. The number of hydrogen-bond donors (Lipinski definition) is 1. The second-order valence-electron chi connectivity index (χ2n) is 4.99. The van der Waals surface area contributed by atoms with Gasteiger partial charge in [0.15, 0.2) is 11.5 Å². The number of allylic oxidation sites excluding steroid dienone is 4. The fourth-order valence-electron chi connectivity index (χ4n) is 1.61. The van der Waals surface area contributed by atoms with Crippen LogP contribution in [0.2, 0.25) is 0 Å². The molecule has 114 valence electrons. The molecule has 1 N–H and O–H groups in total. The van der Waals surface area contributed by atoms with E-state index >= 15 is 0 Å². The highest BCUT2D eigenvalue weighted by molar-refractivity contribution is 14.1. The van der Waals surface area contributed by atoms with E-state index in [-0.39, 0.29) is 0 Å². The molecule has 0 bridgehead atoms. The molecule has 1 aliphatic rings. The number of phenols is 1. The Balaban J connectivity index is 0.000000211. The standard InChI is InChI=1S/C8H8FIO.C8H9IO/c1-5-6(10)3-4-7(11)8(5,2)9;1-5-6(2)8(10)4-3-7(5)9/h3-4H,1-2H3;3-4,10H,1-2H3/t8-;/m1./s1. The van der Waals surface area contributed by atoms with Crippen LogP contribution in [0.3, 0.4) is 0 Å². The van der Waals surface area contributed by atoms with Crippen molar-refractivity contribution in [3.05, 3.63) is 48.1 Å². The molecule has 5 heteroatoms. The number of phenolic OH excluding ortho intramolecular Hbond substituents is 1. The number of halogens is 3. The van der Waals surface area contributed by atoms with E-state index in [1.54, 1.807) is 19.1 Å². The summed E-state index contributed by atoms with van der Waals surface area (Å²) in [5, 5.41) is 9.22. The molecule has 0 amide bonds. The van der Waals surface area contributed by atoms with Crippen molar-refractivity contribution in [2.75, 3.05) is 0 Å². The number of carbonyl (C=O) groups excluding carboxylic acids is 1. The zero-order valence-electron chi connectivity index (χ0n) is 12.3. The minimum Gasteiger partial charge on any atom is -0.508 e. The van der Waals surface area contributed by atoms with Gasteiger partial charge in [-0.2, -0.15) is 0 Å². The summed E-state index contributed by atoms with van der Waals surface area (Å²) in [4.78, 5) is 11.0. The average molecular weight is 514 g/mol. The van der Waals surface area contributed by atoms with Crippen LogP contribution in [-0.2, 0) is 4.79 Å². The first-order chi connectivity index (χ1) is 9.59. The van der Waals surface area contributed by atoms with Gasteiger partial charge in [-0.05, 0) is 114 Å². The topological polar surface area (TPSA) is 37.3 Å². The molecule has 0 aromatic heterocycles. The van der Waals surface area contributed by atoms with Crippen molar-refractivity contribution in [1.82, 2.24) is 0 Å². The number of alkyl halides is 1. The van der Waals surface area contributed by atoms with Gasteiger partial charge in [0, 0.05) is 7.15 Å². The molecule has 0 unspecified atom stereocenters. The maximum Gasteiger partial charge on any atom is 0.196 e. The lowest BCUT2D eigenvalue weighted by atomic mass is 9.90. The number of ketones is 1. The van der Waals surface area contributed by atoms with Crippen LogP contribution in [0.1, 0.15) is 25.0 Å². The van der Waals surface area contributed by atoms with Crippen LogP contribution in [0.4, 0.5) is 4.39 Å². The average Bonchev–Trinajstić information content (AvgIpc) is 2.44. The van der Waals surface area contributed by atoms with Gasteiger partial charge >= 0.3 is 0 Å². The van der Waals surface area contributed by atoms with Crippen molar-refractivity contribution in [1.29, 1.82) is 0 Å². The normalized spacial score (nSPS) is 21.2. The van der Waals surface area contributed by atoms with E-state index in [0.29, 0.717) is 11.3 Å². The Labute approximate surface area is 151 Å². The molecule has 2 nitrogen and oxygen atoms in total. The van der Waals surface area contributed by atoms with E-state index in [2.05, 4.69) is 22.6 Å². The fourth-order valence-corrected chi connectivity index (χ4v) is 2.88. The summed E-state index contributed by atoms with van der Waals surface area (Å²) in [7, 11) is 0. The van der Waals surface area contributed by atoms with Crippen molar-refractivity contribution in [3.63, 3.8) is 0 Å². The predicted molar refractivity (Wildman–Crippen MR) is 101 cm³/mol. The monoisotopic (exact) mass is 514 g/mol. The third kappa shape index (κ3) is 4.28. The van der Waals surface area contributed by atoms with Gasteiger partial charge in [0.05, 0.1) is 0 Å². The minimum absolute atomic E-state index is 0.387. The summed E-state index contributed by atoms with van der Waals surface area (Å²) in [6, 6.07) is 3.64. The molecule has 0 saturated heterocycles. The van der Waals surface area contributed by atoms with Gasteiger partial charge in [-0.25, -0.2) is 4.39 Å². The van der Waals surface area contributed by atoms with E-state index in [4.69, 9.17) is 0 Å². The minimum atomic E-state index is -1.79. The van der Waals surface area contributed by atoms with Crippen molar-refractivity contribution in [3.8, 4) is 5.75 Å². The summed E-state index contributed by atoms with van der Waals surface area (Å²) in [6.45, 7) is 6.87. The van der Waals surface area contributed by atoms with Crippen LogP contribution in [0.25, 0.3) is 0 Å². The van der Waals surface area contributed by atoms with Crippen molar-refractivity contribution >= 4 is 51.0 Å². The van der Waals surface area contributed by atoms with Gasteiger partial charge in [-0.15, -0.1) is 0 Å². The summed E-state index contributed by atoms with van der Waals surface area (Å²) >= 11 is 4.27. The zero-order valence-corrected chi connectivity index (χ0v) is 16.6. The molecule has 0 radical (unpaired) electrons. The van der Waals surface area contributed by atoms with Crippen LogP contribution in [0.15, 0.2) is 33.4 Å². The molecule has 1 aliphatic carbocycles. The lowest BCUT2D eigenvalue weighted by Crippen LogP contribution is -2.32. The molecule has 1 aromatic carbocycles. The van der Waals surface area contributed by atoms with Crippen molar-refractivity contribution < 1.29 is 14.3 Å². The van der Waals surface area contributed by atoms with E-state index in [9.17, 15) is 14.3 Å². The van der Waals surface area contributed by atoms with E-state index in [0.717, 1.165) is 9.14 Å². The second-order valence-corrected chi connectivity index (χ2v) is 7.31. The molecular formula is C16H17FI2O2. The maximum absolute atomic E-state index is 13.4. The smallest absolute Gasteiger partial charge is 0.196 e. The Morgan fingerprint density at radius 2 is 1.67 bits per heavy atom. The number of hydrogen-bond acceptors (Lipinski definition) is 2. The number of benzene rings is 1. The quantitative estimate of drug-likeness (QED) is 0.485. The molecule has 1 aromatic rings. The molecule has 0 saturated carbocycles. The van der Waals surface area contributed by atoms with Crippen molar-refractivity contribution in [2.24, 2.45) is 0 Å². The Hall–Kier alpha value is -0.440. The highest BCUT2D eigenvalue weighted by Gasteiger charge is 2.36. The Morgan fingerprint density at radius 1 is 1.10 bits per heavy atom. The molecular weight excluding hydrogens is 497 g/mol. The van der Waals surface area contributed by atoms with Gasteiger partial charge in [0.2, 0.25) is 0 Å². The second kappa shape index (κ2) is 7.21. The summed E-state index contributed by atoms with van der Waals surface area (Å²) < 4.78 is 15.5. The Kier molecular flexibility index (Phi) is 6.39. The number of rotatable bonds is 0. The van der Waals surface area contributed by atoms with Gasteiger partial charge in [-0.1, -0.05) is 0 Å². The van der Waals surface area contributed by atoms with Gasteiger partial charge in [0.1, 0.15) is 5.75 Å². The molecule has 0 spiro atoms. The maximum atomic E-state index is 13.4. The first-order valence-corrected chi connectivity index (χ1v) is 8.47. The largest absolute Gasteiger partial charge is 0.508 e. The Bertz CT molecular complexity index is 604. The summed E-state index contributed by atoms with van der Waals surface area (Å²) in [5.41, 5.74) is 0.865. The molecule has 2 rings (SSSR count). The highest BCUT2D eigenvalue weighted by atomic mass is 127. The molecule has 21 heavy (non-hydrogen) atoms. The van der Waals surface area contributed by atoms with Crippen LogP contribution < -0.4 is 0 Å². The molecule has 0 heterocycles.